The van der Waals surface area contributed by atoms with Crippen LogP contribution in [0.2, 0.25) is 0 Å². The van der Waals surface area contributed by atoms with Gasteiger partial charge in [-0.15, -0.1) is 0 Å². The van der Waals surface area contributed by atoms with E-state index in [2.05, 4.69) is 15.1 Å². The molecular formula is C18H17F5N4O. The maximum Gasteiger partial charge on any atom is 0.416 e. The average molecular weight is 400 g/mol. The number of benzene rings is 1. The molecule has 28 heavy (non-hydrogen) atoms. The van der Waals surface area contributed by atoms with E-state index in [9.17, 15) is 26.7 Å². The van der Waals surface area contributed by atoms with Crippen LogP contribution in [0.5, 0.6) is 0 Å². The Morgan fingerprint density at radius 2 is 1.93 bits per heavy atom. The third-order valence-electron chi connectivity index (χ3n) is 4.42. The number of aromatic amines is 1. The van der Waals surface area contributed by atoms with E-state index in [1.54, 1.807) is 13.8 Å². The fourth-order valence-electron chi connectivity index (χ4n) is 3.23. The second-order valence-electron chi connectivity index (χ2n) is 6.80. The van der Waals surface area contributed by atoms with E-state index in [0.717, 1.165) is 12.1 Å². The van der Waals surface area contributed by atoms with E-state index in [1.807, 2.05) is 0 Å². The number of hydrogen-bond donors (Lipinski definition) is 1. The van der Waals surface area contributed by atoms with E-state index < -0.39 is 35.8 Å². The molecule has 1 aromatic carbocycles. The zero-order valence-electron chi connectivity index (χ0n) is 15.2. The number of nitrogens with one attached hydrogen (secondary N) is 1. The number of alkyl halides is 4. The van der Waals surface area contributed by atoms with Crippen molar-refractivity contribution in [2.24, 2.45) is 5.92 Å². The molecule has 10 heteroatoms. The first-order chi connectivity index (χ1) is 13.0. The highest BCUT2D eigenvalue weighted by Gasteiger charge is 2.33. The molecule has 3 aromatic rings. The largest absolute Gasteiger partial charge is 0.416 e. The number of aromatic nitrogens is 4. The summed E-state index contributed by atoms with van der Waals surface area (Å²) in [6.07, 6.45) is -4.68. The summed E-state index contributed by atoms with van der Waals surface area (Å²) in [5.74, 6) is -1.16. The smallest absolute Gasteiger partial charge is 0.310 e. The lowest BCUT2D eigenvalue weighted by atomic mass is 9.94. The van der Waals surface area contributed by atoms with E-state index >= 15 is 0 Å². The Hall–Kier alpha value is -2.78. The standard InChI is InChI=1S/C18H17F5N4O/c1-8(2)15(11-5-4-10(6-12(11)20)18(21,22)23)27-16-14(13(7-19)26-27)17(28)25-9(3)24-16/h4-6,8,15H,7H2,1-3H3,(H,24,25,28). The fraction of sp³-hybridized carbons (Fsp3) is 0.389. The van der Waals surface area contributed by atoms with E-state index in [4.69, 9.17) is 0 Å². The molecule has 1 unspecified atom stereocenters. The minimum atomic E-state index is -4.68. The number of fused-ring (bicyclic) bond motifs is 1. The predicted molar refractivity (Wildman–Crippen MR) is 92.1 cm³/mol. The van der Waals surface area contributed by atoms with Crippen molar-refractivity contribution in [2.75, 3.05) is 0 Å². The zero-order valence-corrected chi connectivity index (χ0v) is 15.2. The third kappa shape index (κ3) is 3.38. The SMILES string of the molecule is Cc1nc2c(c(CF)nn2C(c2ccc(C(F)(F)F)cc2F)C(C)C)c(=O)[nH]1. The van der Waals surface area contributed by atoms with Gasteiger partial charge in [0.15, 0.2) is 5.65 Å². The van der Waals surface area contributed by atoms with Crippen molar-refractivity contribution in [1.29, 1.82) is 0 Å². The molecule has 1 atom stereocenters. The number of halogens is 5. The molecule has 0 spiro atoms. The maximum absolute atomic E-state index is 14.6. The van der Waals surface area contributed by atoms with Crippen molar-refractivity contribution in [3.05, 3.63) is 57.0 Å². The van der Waals surface area contributed by atoms with Gasteiger partial charge in [0.2, 0.25) is 0 Å². The van der Waals surface area contributed by atoms with Crippen LogP contribution in [0.15, 0.2) is 23.0 Å². The molecule has 0 aliphatic carbocycles. The number of H-pyrrole nitrogens is 1. The molecule has 3 rings (SSSR count). The first-order valence-corrected chi connectivity index (χ1v) is 8.45. The van der Waals surface area contributed by atoms with Crippen LogP contribution in [0.4, 0.5) is 22.0 Å². The van der Waals surface area contributed by atoms with E-state index in [-0.39, 0.29) is 34.0 Å². The molecule has 0 aliphatic rings. The van der Waals surface area contributed by atoms with Crippen molar-refractivity contribution < 1.29 is 22.0 Å². The van der Waals surface area contributed by atoms with Gasteiger partial charge in [0.1, 0.15) is 29.4 Å². The molecule has 0 radical (unpaired) electrons. The van der Waals surface area contributed by atoms with Crippen LogP contribution in [0.1, 0.15) is 42.5 Å². The van der Waals surface area contributed by atoms with Gasteiger partial charge in [-0.25, -0.2) is 18.4 Å². The van der Waals surface area contributed by atoms with Crippen LogP contribution in [0.25, 0.3) is 11.0 Å². The van der Waals surface area contributed by atoms with Crippen molar-refractivity contribution in [1.82, 2.24) is 19.7 Å². The maximum atomic E-state index is 14.6. The van der Waals surface area contributed by atoms with Crippen molar-refractivity contribution in [3.8, 4) is 0 Å². The molecule has 0 aliphatic heterocycles. The van der Waals surface area contributed by atoms with Gasteiger partial charge in [-0.3, -0.25) is 4.79 Å². The second-order valence-corrected chi connectivity index (χ2v) is 6.80. The van der Waals surface area contributed by atoms with Crippen LogP contribution >= 0.6 is 0 Å². The Morgan fingerprint density at radius 3 is 2.46 bits per heavy atom. The highest BCUT2D eigenvalue weighted by molar-refractivity contribution is 5.77. The van der Waals surface area contributed by atoms with Crippen molar-refractivity contribution >= 4 is 11.0 Å². The van der Waals surface area contributed by atoms with E-state index in [1.165, 1.54) is 11.6 Å². The Balaban J connectivity index is 2.27. The average Bonchev–Trinajstić information content (AvgIpc) is 2.94. The van der Waals surface area contributed by atoms with Gasteiger partial charge >= 0.3 is 6.18 Å². The summed E-state index contributed by atoms with van der Waals surface area (Å²) < 4.78 is 67.8. The lowest BCUT2D eigenvalue weighted by molar-refractivity contribution is -0.137. The van der Waals surface area contributed by atoms with Crippen LogP contribution in [-0.4, -0.2) is 19.7 Å². The topological polar surface area (TPSA) is 63.6 Å². The van der Waals surface area contributed by atoms with Gasteiger partial charge in [-0.2, -0.15) is 18.3 Å². The van der Waals surface area contributed by atoms with Crippen LogP contribution in [0.3, 0.4) is 0 Å². The zero-order chi connectivity index (χ0) is 20.8. The molecule has 0 saturated heterocycles. The molecule has 150 valence electrons. The third-order valence-corrected chi connectivity index (χ3v) is 4.42. The predicted octanol–water partition coefficient (Wildman–Crippen LogP) is 4.30. The molecule has 0 bridgehead atoms. The Kier molecular flexibility index (Phi) is 4.99. The molecule has 0 fully saturated rings. The molecule has 0 saturated carbocycles. The fourth-order valence-corrected chi connectivity index (χ4v) is 3.23. The first kappa shape index (κ1) is 20.0. The summed E-state index contributed by atoms with van der Waals surface area (Å²) in [6.45, 7) is 3.91. The van der Waals surface area contributed by atoms with Gasteiger partial charge in [-0.05, 0) is 25.0 Å². The highest BCUT2D eigenvalue weighted by atomic mass is 19.4. The van der Waals surface area contributed by atoms with Gasteiger partial charge < -0.3 is 4.98 Å². The Bertz CT molecular complexity index is 1080. The number of rotatable bonds is 4. The monoisotopic (exact) mass is 400 g/mol. The molecule has 2 aromatic heterocycles. The number of hydrogen-bond acceptors (Lipinski definition) is 3. The molecule has 0 amide bonds. The summed E-state index contributed by atoms with van der Waals surface area (Å²) in [7, 11) is 0. The Morgan fingerprint density at radius 1 is 1.25 bits per heavy atom. The minimum Gasteiger partial charge on any atom is -0.310 e. The number of aryl methyl sites for hydroxylation is 1. The van der Waals surface area contributed by atoms with Crippen LogP contribution in [-0.2, 0) is 12.9 Å². The summed E-state index contributed by atoms with van der Waals surface area (Å²) >= 11 is 0. The minimum absolute atomic E-state index is 0.0481. The molecule has 1 N–H and O–H groups in total. The quantitative estimate of drug-likeness (QED) is 0.664. The lowest BCUT2D eigenvalue weighted by Crippen LogP contribution is -2.21. The van der Waals surface area contributed by atoms with Crippen LogP contribution < -0.4 is 5.56 Å². The van der Waals surface area contributed by atoms with Gasteiger partial charge in [-0.1, -0.05) is 19.9 Å². The van der Waals surface area contributed by atoms with E-state index in [0.29, 0.717) is 6.07 Å². The van der Waals surface area contributed by atoms with Gasteiger partial charge in [0.25, 0.3) is 5.56 Å². The molecule has 5 nitrogen and oxygen atoms in total. The van der Waals surface area contributed by atoms with Gasteiger partial charge in [0.05, 0.1) is 11.6 Å². The number of nitrogens with zero attached hydrogens (tertiary/aromatic N) is 3. The summed E-state index contributed by atoms with van der Waals surface area (Å²) in [6, 6.07) is 1.34. The normalized spacial score (nSPS) is 13.5. The summed E-state index contributed by atoms with van der Waals surface area (Å²) in [5, 5.41) is 4.03. The summed E-state index contributed by atoms with van der Waals surface area (Å²) in [4.78, 5) is 18.9. The Labute approximate surface area is 156 Å². The van der Waals surface area contributed by atoms with Gasteiger partial charge in [0, 0.05) is 5.56 Å². The second kappa shape index (κ2) is 6.99. The first-order valence-electron chi connectivity index (χ1n) is 8.45. The summed E-state index contributed by atoms with van der Waals surface area (Å²) in [5.41, 5.74) is -1.88. The van der Waals surface area contributed by atoms with Crippen LogP contribution in [0, 0.1) is 18.7 Å². The van der Waals surface area contributed by atoms with Crippen molar-refractivity contribution in [2.45, 2.75) is 39.7 Å². The lowest BCUT2D eigenvalue weighted by Gasteiger charge is -2.23. The molecule has 2 heterocycles. The molecular weight excluding hydrogens is 383 g/mol. The highest BCUT2D eigenvalue weighted by Crippen LogP contribution is 2.35. The van der Waals surface area contributed by atoms with Crippen molar-refractivity contribution in [3.63, 3.8) is 0 Å².